The van der Waals surface area contributed by atoms with E-state index in [9.17, 15) is 4.79 Å². The fraction of sp³-hybridized carbons (Fsp3) is 0.235. The molecule has 1 N–H and O–H groups in total. The van der Waals surface area contributed by atoms with Gasteiger partial charge in [0, 0.05) is 17.1 Å². The summed E-state index contributed by atoms with van der Waals surface area (Å²) in [5.41, 5.74) is 3.07. The van der Waals surface area contributed by atoms with E-state index in [0.717, 1.165) is 35.2 Å². The van der Waals surface area contributed by atoms with Crippen LogP contribution >= 0.6 is 11.6 Å². The van der Waals surface area contributed by atoms with Gasteiger partial charge in [-0.25, -0.2) is 0 Å². The second-order valence-electron chi connectivity index (χ2n) is 5.32. The molecule has 0 spiro atoms. The zero-order valence-corrected chi connectivity index (χ0v) is 13.5. The van der Waals surface area contributed by atoms with Crippen LogP contribution in [0.25, 0.3) is 16.7 Å². The number of hydrogen-bond acceptors (Lipinski definition) is 3. The lowest BCUT2D eigenvalue weighted by Crippen LogP contribution is -2.10. The Hall–Kier alpha value is -2.40. The molecule has 0 unspecified atom stereocenters. The second-order valence-corrected chi connectivity index (χ2v) is 5.76. The number of unbranched alkanes of at least 4 members (excludes halogenated alkanes) is 1. The Labute approximate surface area is 139 Å². The minimum absolute atomic E-state index is 0.0243. The molecule has 0 radical (unpaired) electrons. The first-order valence-electron chi connectivity index (χ1n) is 7.58. The smallest absolute Gasteiger partial charge is 0.224 e. The zero-order chi connectivity index (χ0) is 16.2. The fourth-order valence-electron chi connectivity index (χ4n) is 2.24. The molecule has 3 aromatic rings. The van der Waals surface area contributed by atoms with Crippen LogP contribution in [-0.2, 0) is 4.79 Å². The summed E-state index contributed by atoms with van der Waals surface area (Å²) in [6, 6.07) is 12.8. The van der Waals surface area contributed by atoms with Crippen molar-refractivity contribution in [1.29, 1.82) is 0 Å². The molecule has 2 aromatic carbocycles. The predicted octanol–water partition coefficient (Wildman–Crippen LogP) is 4.20. The van der Waals surface area contributed by atoms with Crippen LogP contribution in [0.1, 0.15) is 26.2 Å². The average Bonchev–Trinajstić information content (AvgIpc) is 2.96. The molecule has 0 aliphatic rings. The summed E-state index contributed by atoms with van der Waals surface area (Å²) >= 11 is 5.89. The fourth-order valence-corrected chi connectivity index (χ4v) is 2.37. The molecule has 5 nitrogen and oxygen atoms in total. The largest absolute Gasteiger partial charge is 0.326 e. The van der Waals surface area contributed by atoms with Crippen LogP contribution in [-0.4, -0.2) is 20.9 Å². The first-order valence-corrected chi connectivity index (χ1v) is 7.96. The Bertz CT molecular complexity index is 826. The second kappa shape index (κ2) is 6.79. The number of fused-ring (bicyclic) bond motifs is 1. The summed E-state index contributed by atoms with van der Waals surface area (Å²) in [7, 11) is 0. The maximum atomic E-state index is 11.8. The molecule has 0 atom stereocenters. The molecule has 0 saturated heterocycles. The van der Waals surface area contributed by atoms with E-state index in [1.807, 2.05) is 30.3 Å². The Morgan fingerprint density at radius 3 is 2.61 bits per heavy atom. The van der Waals surface area contributed by atoms with Crippen molar-refractivity contribution in [2.45, 2.75) is 26.2 Å². The van der Waals surface area contributed by atoms with Gasteiger partial charge in [-0.1, -0.05) is 24.9 Å². The van der Waals surface area contributed by atoms with Gasteiger partial charge in [0.15, 0.2) is 0 Å². The Morgan fingerprint density at radius 1 is 1.13 bits per heavy atom. The van der Waals surface area contributed by atoms with Gasteiger partial charge in [-0.05, 0) is 48.9 Å². The van der Waals surface area contributed by atoms with Crippen LogP contribution in [0, 0.1) is 0 Å². The Kier molecular flexibility index (Phi) is 4.57. The number of amides is 1. The van der Waals surface area contributed by atoms with E-state index < -0.39 is 0 Å². The molecular formula is C17H17ClN4O. The van der Waals surface area contributed by atoms with Gasteiger partial charge in [0.1, 0.15) is 11.0 Å². The van der Waals surface area contributed by atoms with E-state index in [2.05, 4.69) is 22.4 Å². The monoisotopic (exact) mass is 328 g/mol. The van der Waals surface area contributed by atoms with E-state index in [-0.39, 0.29) is 5.91 Å². The lowest BCUT2D eigenvalue weighted by molar-refractivity contribution is -0.116. The Morgan fingerprint density at radius 2 is 1.87 bits per heavy atom. The summed E-state index contributed by atoms with van der Waals surface area (Å²) in [6.07, 6.45) is 2.43. The Balaban J connectivity index is 1.83. The maximum absolute atomic E-state index is 11.8. The molecule has 1 aromatic heterocycles. The topological polar surface area (TPSA) is 59.8 Å². The van der Waals surface area contributed by atoms with Crippen LogP contribution < -0.4 is 5.32 Å². The number of nitrogens with one attached hydrogen (secondary N) is 1. The molecule has 23 heavy (non-hydrogen) atoms. The highest BCUT2D eigenvalue weighted by Gasteiger charge is 2.07. The number of aromatic nitrogens is 3. The lowest BCUT2D eigenvalue weighted by atomic mass is 10.2. The van der Waals surface area contributed by atoms with Crippen LogP contribution in [0.4, 0.5) is 5.69 Å². The minimum Gasteiger partial charge on any atom is -0.326 e. The summed E-state index contributed by atoms with van der Waals surface area (Å²) in [4.78, 5) is 13.4. The molecule has 0 aliphatic heterocycles. The normalized spacial score (nSPS) is 10.9. The van der Waals surface area contributed by atoms with Gasteiger partial charge in [0.25, 0.3) is 0 Å². The lowest BCUT2D eigenvalue weighted by Gasteiger charge is -2.03. The van der Waals surface area contributed by atoms with Crippen LogP contribution in [0.5, 0.6) is 0 Å². The van der Waals surface area contributed by atoms with Gasteiger partial charge in [0.05, 0.1) is 5.69 Å². The number of hydrogen-bond donors (Lipinski definition) is 1. The molecule has 0 fully saturated rings. The number of benzene rings is 2. The summed E-state index contributed by atoms with van der Waals surface area (Å²) in [5, 5.41) is 12.4. The molecule has 0 saturated carbocycles. The van der Waals surface area contributed by atoms with Gasteiger partial charge < -0.3 is 5.32 Å². The van der Waals surface area contributed by atoms with Crippen LogP contribution in [0.3, 0.4) is 0 Å². The number of carbonyl (C=O) groups is 1. The average molecular weight is 329 g/mol. The van der Waals surface area contributed by atoms with Gasteiger partial charge in [-0.3, -0.25) is 4.79 Å². The highest BCUT2D eigenvalue weighted by Crippen LogP contribution is 2.19. The molecule has 0 aliphatic carbocycles. The van der Waals surface area contributed by atoms with E-state index in [4.69, 9.17) is 11.6 Å². The third kappa shape index (κ3) is 3.68. The van der Waals surface area contributed by atoms with E-state index in [1.54, 1.807) is 16.9 Å². The van der Waals surface area contributed by atoms with Gasteiger partial charge in [0.2, 0.25) is 5.91 Å². The van der Waals surface area contributed by atoms with Crippen molar-refractivity contribution in [3.05, 3.63) is 47.5 Å². The van der Waals surface area contributed by atoms with Gasteiger partial charge >= 0.3 is 0 Å². The first-order chi connectivity index (χ1) is 11.2. The molecule has 118 valence electrons. The number of anilines is 1. The summed E-state index contributed by atoms with van der Waals surface area (Å²) in [6.45, 7) is 2.06. The molecule has 3 rings (SSSR count). The highest BCUT2D eigenvalue weighted by molar-refractivity contribution is 6.30. The van der Waals surface area contributed by atoms with Crippen LogP contribution in [0.2, 0.25) is 5.02 Å². The van der Waals surface area contributed by atoms with E-state index >= 15 is 0 Å². The molecule has 0 bridgehead atoms. The van der Waals surface area contributed by atoms with Crippen molar-refractivity contribution in [3.63, 3.8) is 0 Å². The molecular weight excluding hydrogens is 312 g/mol. The predicted molar refractivity (Wildman–Crippen MR) is 92.0 cm³/mol. The number of halogens is 1. The summed E-state index contributed by atoms with van der Waals surface area (Å²) in [5.74, 6) is 0.0243. The van der Waals surface area contributed by atoms with Crippen molar-refractivity contribution in [2.24, 2.45) is 0 Å². The molecule has 1 heterocycles. The highest BCUT2D eigenvalue weighted by atomic mass is 35.5. The van der Waals surface area contributed by atoms with E-state index in [1.165, 1.54) is 0 Å². The maximum Gasteiger partial charge on any atom is 0.224 e. The summed E-state index contributed by atoms with van der Waals surface area (Å²) < 4.78 is 0. The van der Waals surface area contributed by atoms with Crippen molar-refractivity contribution in [1.82, 2.24) is 15.0 Å². The third-order valence-corrected chi connectivity index (χ3v) is 3.73. The van der Waals surface area contributed by atoms with Gasteiger partial charge in [-0.15, -0.1) is 10.2 Å². The van der Waals surface area contributed by atoms with Crippen LogP contribution in [0.15, 0.2) is 42.5 Å². The minimum atomic E-state index is 0.0243. The van der Waals surface area contributed by atoms with Crippen molar-refractivity contribution in [2.75, 3.05) is 5.32 Å². The van der Waals surface area contributed by atoms with Crippen molar-refractivity contribution in [3.8, 4) is 5.69 Å². The molecule has 6 heteroatoms. The van der Waals surface area contributed by atoms with Crippen molar-refractivity contribution < 1.29 is 4.79 Å². The number of nitrogens with zero attached hydrogens (tertiary/aromatic N) is 3. The SMILES string of the molecule is CCCCC(=O)Nc1ccc2nn(-c3ccc(Cl)cc3)nc2c1. The number of carbonyl (C=O) groups excluding carboxylic acids is 1. The third-order valence-electron chi connectivity index (χ3n) is 3.48. The quantitative estimate of drug-likeness (QED) is 0.763. The molecule has 1 amide bonds. The van der Waals surface area contributed by atoms with Crippen molar-refractivity contribution >= 4 is 34.2 Å². The van der Waals surface area contributed by atoms with Gasteiger partial charge in [-0.2, -0.15) is 4.80 Å². The van der Waals surface area contributed by atoms with E-state index in [0.29, 0.717) is 11.4 Å². The standard InChI is InChI=1S/C17H17ClN4O/c1-2-3-4-17(23)19-13-7-10-15-16(11-13)21-22(20-15)14-8-5-12(18)6-9-14/h5-11H,2-4H2,1H3,(H,19,23). The zero-order valence-electron chi connectivity index (χ0n) is 12.8. The first kappa shape index (κ1) is 15.5. The number of rotatable bonds is 5.